The summed E-state index contributed by atoms with van der Waals surface area (Å²) in [6.45, 7) is 1.52. The molecule has 4 nitrogen and oxygen atoms in total. The van der Waals surface area contributed by atoms with E-state index in [1.807, 2.05) is 0 Å². The van der Waals surface area contributed by atoms with E-state index in [-0.39, 0.29) is 24.8 Å². The van der Waals surface area contributed by atoms with Gasteiger partial charge in [0.1, 0.15) is 0 Å². The molecule has 0 unspecified atom stereocenters. The SMILES string of the molecule is CC1OC(=O)CCC(=O)O1. The molecule has 1 rings (SSSR count). The van der Waals surface area contributed by atoms with Crippen molar-refractivity contribution in [1.29, 1.82) is 0 Å². The molecule has 0 amide bonds. The van der Waals surface area contributed by atoms with Crippen LogP contribution in [0.2, 0.25) is 0 Å². The molecule has 1 heterocycles. The van der Waals surface area contributed by atoms with Crippen LogP contribution in [-0.4, -0.2) is 18.2 Å². The van der Waals surface area contributed by atoms with E-state index in [0.717, 1.165) is 0 Å². The molecular formula is C6H8O4. The fourth-order valence-corrected chi connectivity index (χ4v) is 0.716. The zero-order valence-corrected chi connectivity index (χ0v) is 5.62. The Bertz CT molecular complexity index is 145. The van der Waals surface area contributed by atoms with Crippen molar-refractivity contribution in [3.05, 3.63) is 0 Å². The lowest BCUT2D eigenvalue weighted by Gasteiger charge is -2.07. The number of hydrogen-bond acceptors (Lipinski definition) is 4. The van der Waals surface area contributed by atoms with Crippen LogP contribution in [0.1, 0.15) is 19.8 Å². The monoisotopic (exact) mass is 144 g/mol. The van der Waals surface area contributed by atoms with Gasteiger partial charge in [-0.2, -0.15) is 0 Å². The third kappa shape index (κ3) is 1.72. The van der Waals surface area contributed by atoms with E-state index in [4.69, 9.17) is 0 Å². The van der Waals surface area contributed by atoms with Crippen LogP contribution < -0.4 is 0 Å². The first-order chi connectivity index (χ1) is 4.68. The lowest BCUT2D eigenvalue weighted by atomic mass is 10.3. The van der Waals surface area contributed by atoms with Gasteiger partial charge in [0.15, 0.2) is 0 Å². The zero-order valence-electron chi connectivity index (χ0n) is 5.62. The molecule has 1 fully saturated rings. The minimum absolute atomic E-state index is 0.128. The van der Waals surface area contributed by atoms with Gasteiger partial charge in [-0.05, 0) is 0 Å². The maximum atomic E-state index is 10.6. The molecule has 4 heteroatoms. The van der Waals surface area contributed by atoms with Crippen molar-refractivity contribution in [2.24, 2.45) is 0 Å². The van der Waals surface area contributed by atoms with E-state index in [0.29, 0.717) is 0 Å². The highest BCUT2D eigenvalue weighted by Crippen LogP contribution is 2.07. The van der Waals surface area contributed by atoms with Crippen LogP contribution in [0, 0.1) is 0 Å². The molecule has 0 N–H and O–H groups in total. The molecule has 0 spiro atoms. The second-order valence-electron chi connectivity index (χ2n) is 2.05. The summed E-state index contributed by atoms with van der Waals surface area (Å²) in [4.78, 5) is 21.2. The number of esters is 2. The molecule has 1 aliphatic heterocycles. The minimum atomic E-state index is -0.720. The van der Waals surface area contributed by atoms with Crippen molar-refractivity contribution in [1.82, 2.24) is 0 Å². The van der Waals surface area contributed by atoms with Crippen molar-refractivity contribution in [2.45, 2.75) is 26.1 Å². The molecule has 10 heavy (non-hydrogen) atoms. The lowest BCUT2D eigenvalue weighted by Crippen LogP contribution is -2.15. The summed E-state index contributed by atoms with van der Waals surface area (Å²) >= 11 is 0. The molecule has 56 valence electrons. The van der Waals surface area contributed by atoms with Crippen LogP contribution in [-0.2, 0) is 19.1 Å². The van der Waals surface area contributed by atoms with E-state index in [1.54, 1.807) is 0 Å². The fourth-order valence-electron chi connectivity index (χ4n) is 0.716. The molecule has 1 saturated heterocycles. The van der Waals surface area contributed by atoms with E-state index < -0.39 is 6.29 Å². The van der Waals surface area contributed by atoms with Crippen LogP contribution in [0.5, 0.6) is 0 Å². The first-order valence-electron chi connectivity index (χ1n) is 3.07. The summed E-state index contributed by atoms with van der Waals surface area (Å²) in [5.41, 5.74) is 0. The molecular weight excluding hydrogens is 136 g/mol. The van der Waals surface area contributed by atoms with Crippen LogP contribution in [0.15, 0.2) is 0 Å². The van der Waals surface area contributed by atoms with E-state index in [9.17, 15) is 9.59 Å². The van der Waals surface area contributed by atoms with Crippen molar-refractivity contribution in [3.8, 4) is 0 Å². The number of hydrogen-bond donors (Lipinski definition) is 0. The fraction of sp³-hybridized carbons (Fsp3) is 0.667. The van der Waals surface area contributed by atoms with Gasteiger partial charge in [-0.3, -0.25) is 9.59 Å². The van der Waals surface area contributed by atoms with Gasteiger partial charge in [0.05, 0.1) is 12.8 Å². The van der Waals surface area contributed by atoms with Crippen molar-refractivity contribution < 1.29 is 19.1 Å². The predicted molar refractivity (Wildman–Crippen MR) is 30.9 cm³/mol. The molecule has 0 atom stereocenters. The average Bonchev–Trinajstić information content (AvgIpc) is 1.93. The van der Waals surface area contributed by atoms with Crippen LogP contribution in [0.25, 0.3) is 0 Å². The zero-order chi connectivity index (χ0) is 7.56. The highest BCUT2D eigenvalue weighted by Gasteiger charge is 2.19. The quantitative estimate of drug-likeness (QED) is 0.456. The number of rotatable bonds is 0. The Morgan fingerprint density at radius 3 is 2.00 bits per heavy atom. The van der Waals surface area contributed by atoms with Gasteiger partial charge in [0.25, 0.3) is 0 Å². The summed E-state index contributed by atoms with van der Waals surface area (Å²) < 4.78 is 9.20. The van der Waals surface area contributed by atoms with Gasteiger partial charge in [0, 0.05) is 6.92 Å². The standard InChI is InChI=1S/C6H8O4/c1-4-9-5(7)2-3-6(8)10-4/h4H,2-3H2,1H3. The Labute approximate surface area is 58.1 Å². The molecule has 0 bridgehead atoms. The Balaban J connectivity index is 2.54. The summed E-state index contributed by atoms with van der Waals surface area (Å²) in [6.07, 6.45) is -0.464. The van der Waals surface area contributed by atoms with Crippen LogP contribution in [0.4, 0.5) is 0 Å². The molecule has 0 aliphatic carbocycles. The predicted octanol–water partition coefficient (Wildman–Crippen LogP) is 0.213. The maximum Gasteiger partial charge on any atom is 0.309 e. The Morgan fingerprint density at radius 1 is 1.20 bits per heavy atom. The first kappa shape index (κ1) is 7.05. The highest BCUT2D eigenvalue weighted by atomic mass is 16.7. The molecule has 1 aliphatic rings. The van der Waals surface area contributed by atoms with Gasteiger partial charge in [0.2, 0.25) is 6.29 Å². The summed E-state index contributed by atoms with van der Waals surface area (Å²) in [7, 11) is 0. The Hall–Kier alpha value is -1.06. The minimum Gasteiger partial charge on any atom is -0.425 e. The van der Waals surface area contributed by atoms with Crippen molar-refractivity contribution in [2.75, 3.05) is 0 Å². The molecule has 0 saturated carbocycles. The third-order valence-electron chi connectivity index (χ3n) is 1.13. The van der Waals surface area contributed by atoms with E-state index >= 15 is 0 Å². The Morgan fingerprint density at radius 2 is 1.60 bits per heavy atom. The third-order valence-corrected chi connectivity index (χ3v) is 1.13. The largest absolute Gasteiger partial charge is 0.425 e. The van der Waals surface area contributed by atoms with Gasteiger partial charge >= 0.3 is 11.9 Å². The number of cyclic esters (lactones) is 2. The molecule has 0 radical (unpaired) electrons. The van der Waals surface area contributed by atoms with Gasteiger partial charge in [-0.15, -0.1) is 0 Å². The maximum absolute atomic E-state index is 10.6. The number of ether oxygens (including phenoxy) is 2. The second-order valence-corrected chi connectivity index (χ2v) is 2.05. The summed E-state index contributed by atoms with van der Waals surface area (Å²) in [6, 6.07) is 0. The van der Waals surface area contributed by atoms with Crippen LogP contribution in [0.3, 0.4) is 0 Å². The molecule has 0 aromatic heterocycles. The van der Waals surface area contributed by atoms with Gasteiger partial charge < -0.3 is 9.47 Å². The summed E-state index contributed by atoms with van der Waals surface area (Å²) in [5.74, 6) is -0.753. The summed E-state index contributed by atoms with van der Waals surface area (Å²) in [5, 5.41) is 0. The topological polar surface area (TPSA) is 52.6 Å². The van der Waals surface area contributed by atoms with Gasteiger partial charge in [-0.1, -0.05) is 0 Å². The highest BCUT2D eigenvalue weighted by molar-refractivity contribution is 5.79. The second kappa shape index (κ2) is 2.68. The van der Waals surface area contributed by atoms with Gasteiger partial charge in [-0.25, -0.2) is 0 Å². The molecule has 0 aromatic rings. The van der Waals surface area contributed by atoms with Crippen molar-refractivity contribution >= 4 is 11.9 Å². The van der Waals surface area contributed by atoms with Crippen LogP contribution >= 0.6 is 0 Å². The van der Waals surface area contributed by atoms with E-state index in [2.05, 4.69) is 9.47 Å². The van der Waals surface area contributed by atoms with E-state index in [1.165, 1.54) is 6.92 Å². The normalized spacial score (nSPS) is 21.3. The smallest absolute Gasteiger partial charge is 0.309 e. The van der Waals surface area contributed by atoms with Crippen molar-refractivity contribution in [3.63, 3.8) is 0 Å². The Kier molecular flexibility index (Phi) is 1.89. The average molecular weight is 144 g/mol. The number of carbonyl (C=O) groups excluding carboxylic acids is 2. The number of carbonyl (C=O) groups is 2. The first-order valence-corrected chi connectivity index (χ1v) is 3.07. The molecule has 0 aromatic carbocycles. The lowest BCUT2D eigenvalue weighted by molar-refractivity contribution is -0.176.